The van der Waals surface area contributed by atoms with Crippen LogP contribution < -0.4 is 10.1 Å². The minimum atomic E-state index is -3.07. The van der Waals surface area contributed by atoms with Crippen LogP contribution in [0.2, 0.25) is 0 Å². The van der Waals surface area contributed by atoms with E-state index >= 15 is 0 Å². The van der Waals surface area contributed by atoms with Crippen molar-refractivity contribution in [3.8, 4) is 5.75 Å². The predicted octanol–water partition coefficient (Wildman–Crippen LogP) is 1.72. The Morgan fingerprint density at radius 1 is 1.41 bits per heavy atom. The lowest BCUT2D eigenvalue weighted by molar-refractivity contribution is -0.0477. The second-order valence-corrected chi connectivity index (χ2v) is 3.92. The Morgan fingerprint density at radius 3 is 2.65 bits per heavy atom. The Hall–Kier alpha value is -1.20. The zero-order valence-corrected chi connectivity index (χ0v) is 9.96. The number of nitrogens with one attached hydrogen (secondary N) is 1. The van der Waals surface area contributed by atoms with Gasteiger partial charge in [0, 0.05) is 6.54 Å². The largest absolute Gasteiger partial charge is 0.496 e. The molecule has 1 aromatic rings. The maximum atomic E-state index is 12.7. The van der Waals surface area contributed by atoms with E-state index in [9.17, 15) is 8.78 Å². The van der Waals surface area contributed by atoms with Crippen molar-refractivity contribution in [1.29, 1.82) is 0 Å². The first-order valence-electron chi connectivity index (χ1n) is 5.31. The maximum Gasteiger partial charge on any atom is 0.282 e. The summed E-state index contributed by atoms with van der Waals surface area (Å²) in [6.45, 7) is 0.557. The number of alkyl halides is 2. The van der Waals surface area contributed by atoms with Gasteiger partial charge in [-0.1, -0.05) is 12.1 Å². The molecule has 0 aliphatic rings. The van der Waals surface area contributed by atoms with Crippen LogP contribution in [0, 0.1) is 6.92 Å². The van der Waals surface area contributed by atoms with Crippen LogP contribution in [0.15, 0.2) is 18.2 Å². The SMILES string of the molecule is COc1ccc(CNCC(F)(F)CO)cc1C. The number of aliphatic hydroxyl groups excluding tert-OH is 1. The molecular weight excluding hydrogens is 228 g/mol. The van der Waals surface area contributed by atoms with Gasteiger partial charge in [0.2, 0.25) is 0 Å². The number of ether oxygens (including phenoxy) is 1. The second kappa shape index (κ2) is 5.93. The molecule has 0 fully saturated rings. The van der Waals surface area contributed by atoms with Gasteiger partial charge in [-0.15, -0.1) is 0 Å². The predicted molar refractivity (Wildman–Crippen MR) is 61.5 cm³/mol. The van der Waals surface area contributed by atoms with E-state index in [4.69, 9.17) is 9.84 Å². The molecule has 1 rings (SSSR count). The molecule has 0 saturated heterocycles. The molecule has 0 spiro atoms. The average molecular weight is 245 g/mol. The summed E-state index contributed by atoms with van der Waals surface area (Å²) < 4.78 is 30.5. The highest BCUT2D eigenvalue weighted by Crippen LogP contribution is 2.18. The van der Waals surface area contributed by atoms with E-state index in [1.165, 1.54) is 0 Å². The van der Waals surface area contributed by atoms with Crippen LogP contribution in [0.25, 0.3) is 0 Å². The summed E-state index contributed by atoms with van der Waals surface area (Å²) in [5.74, 6) is -2.30. The Morgan fingerprint density at radius 2 is 2.12 bits per heavy atom. The van der Waals surface area contributed by atoms with Gasteiger partial charge in [0.25, 0.3) is 5.92 Å². The van der Waals surface area contributed by atoms with E-state index < -0.39 is 19.1 Å². The van der Waals surface area contributed by atoms with Crippen LogP contribution in [0.1, 0.15) is 11.1 Å². The van der Waals surface area contributed by atoms with Crippen LogP contribution in [0.3, 0.4) is 0 Å². The first kappa shape index (κ1) is 13.9. The molecule has 0 bridgehead atoms. The molecule has 5 heteroatoms. The van der Waals surface area contributed by atoms with E-state index in [1.54, 1.807) is 13.2 Å². The number of hydrogen-bond donors (Lipinski definition) is 2. The van der Waals surface area contributed by atoms with Crippen molar-refractivity contribution in [3.05, 3.63) is 29.3 Å². The average Bonchev–Trinajstić information content (AvgIpc) is 2.29. The molecular formula is C12H17F2NO2. The summed E-state index contributed by atoms with van der Waals surface area (Å²) in [5.41, 5.74) is 1.86. The lowest BCUT2D eigenvalue weighted by Gasteiger charge is -2.14. The standard InChI is InChI=1S/C12H17F2NO2/c1-9-5-10(3-4-11(9)17-2)6-15-7-12(13,14)8-16/h3-5,15-16H,6-8H2,1-2H3. The van der Waals surface area contributed by atoms with Crippen molar-refractivity contribution >= 4 is 0 Å². The van der Waals surface area contributed by atoms with Crippen LogP contribution in [-0.2, 0) is 6.54 Å². The second-order valence-electron chi connectivity index (χ2n) is 3.92. The summed E-state index contributed by atoms with van der Waals surface area (Å²) in [7, 11) is 1.59. The number of benzene rings is 1. The van der Waals surface area contributed by atoms with Crippen molar-refractivity contribution in [2.75, 3.05) is 20.3 Å². The summed E-state index contributed by atoms with van der Waals surface area (Å²) in [4.78, 5) is 0. The van der Waals surface area contributed by atoms with Gasteiger partial charge in [-0.3, -0.25) is 0 Å². The van der Waals surface area contributed by atoms with Gasteiger partial charge < -0.3 is 15.2 Å². The summed E-state index contributed by atoms with van der Waals surface area (Å²) in [6, 6.07) is 5.50. The minimum Gasteiger partial charge on any atom is -0.496 e. The van der Waals surface area contributed by atoms with E-state index in [2.05, 4.69) is 5.32 Å². The van der Waals surface area contributed by atoms with Crippen LogP contribution >= 0.6 is 0 Å². The fourth-order valence-corrected chi connectivity index (χ4v) is 1.50. The highest BCUT2D eigenvalue weighted by molar-refractivity contribution is 5.36. The normalized spacial score (nSPS) is 11.6. The van der Waals surface area contributed by atoms with E-state index in [-0.39, 0.29) is 0 Å². The molecule has 3 nitrogen and oxygen atoms in total. The monoisotopic (exact) mass is 245 g/mol. The number of aryl methyl sites for hydroxylation is 1. The quantitative estimate of drug-likeness (QED) is 0.802. The van der Waals surface area contributed by atoms with Crippen molar-refractivity contribution < 1.29 is 18.6 Å². The van der Waals surface area contributed by atoms with Gasteiger partial charge in [0.15, 0.2) is 0 Å². The molecule has 0 aliphatic carbocycles. The molecule has 0 aromatic heterocycles. The molecule has 0 amide bonds. The lowest BCUT2D eigenvalue weighted by atomic mass is 10.1. The molecule has 0 radical (unpaired) electrons. The molecule has 0 saturated carbocycles. The third-order valence-electron chi connectivity index (χ3n) is 2.40. The van der Waals surface area contributed by atoms with E-state index in [0.29, 0.717) is 6.54 Å². The highest BCUT2D eigenvalue weighted by Gasteiger charge is 2.26. The molecule has 0 aliphatic heterocycles. The zero-order valence-electron chi connectivity index (χ0n) is 9.96. The van der Waals surface area contributed by atoms with Crippen LogP contribution in [0.5, 0.6) is 5.75 Å². The topological polar surface area (TPSA) is 41.5 Å². The Balaban J connectivity index is 2.50. The molecule has 1 aromatic carbocycles. The molecule has 96 valence electrons. The van der Waals surface area contributed by atoms with Crippen molar-refractivity contribution in [2.24, 2.45) is 0 Å². The number of aliphatic hydroxyl groups is 1. The zero-order chi connectivity index (χ0) is 12.9. The number of methoxy groups -OCH3 is 1. The van der Waals surface area contributed by atoms with Crippen LogP contribution in [0.4, 0.5) is 8.78 Å². The minimum absolute atomic E-state index is 0.334. The Kier molecular flexibility index (Phi) is 4.84. The van der Waals surface area contributed by atoms with Gasteiger partial charge in [-0.05, 0) is 24.1 Å². The maximum absolute atomic E-state index is 12.7. The summed E-state index contributed by atoms with van der Waals surface area (Å²) >= 11 is 0. The lowest BCUT2D eigenvalue weighted by Crippen LogP contribution is -2.35. The van der Waals surface area contributed by atoms with Crippen molar-refractivity contribution in [2.45, 2.75) is 19.4 Å². The molecule has 0 heterocycles. The molecule has 2 N–H and O–H groups in total. The van der Waals surface area contributed by atoms with Crippen LogP contribution in [-0.4, -0.2) is 31.3 Å². The third kappa shape index (κ3) is 4.28. The first-order chi connectivity index (χ1) is 7.98. The third-order valence-corrected chi connectivity index (χ3v) is 2.40. The molecule has 0 unspecified atom stereocenters. The Bertz CT molecular complexity index is 370. The van der Waals surface area contributed by atoms with E-state index in [0.717, 1.165) is 16.9 Å². The van der Waals surface area contributed by atoms with Gasteiger partial charge in [-0.25, -0.2) is 8.78 Å². The Labute approximate surface area is 99.4 Å². The first-order valence-corrected chi connectivity index (χ1v) is 5.31. The smallest absolute Gasteiger partial charge is 0.282 e. The van der Waals surface area contributed by atoms with Gasteiger partial charge in [0.05, 0.1) is 13.7 Å². The molecule has 17 heavy (non-hydrogen) atoms. The summed E-state index contributed by atoms with van der Waals surface area (Å²) in [6.07, 6.45) is 0. The fourth-order valence-electron chi connectivity index (χ4n) is 1.50. The van der Waals surface area contributed by atoms with E-state index in [1.807, 2.05) is 19.1 Å². The van der Waals surface area contributed by atoms with Gasteiger partial charge in [0.1, 0.15) is 12.4 Å². The van der Waals surface area contributed by atoms with Gasteiger partial charge in [-0.2, -0.15) is 0 Å². The number of rotatable bonds is 6. The van der Waals surface area contributed by atoms with Crippen molar-refractivity contribution in [3.63, 3.8) is 0 Å². The van der Waals surface area contributed by atoms with Crippen molar-refractivity contribution in [1.82, 2.24) is 5.32 Å². The fraction of sp³-hybridized carbons (Fsp3) is 0.500. The highest BCUT2D eigenvalue weighted by atomic mass is 19.3. The number of halogens is 2. The molecule has 0 atom stereocenters. The summed E-state index contributed by atoms with van der Waals surface area (Å²) in [5, 5.41) is 11.0. The van der Waals surface area contributed by atoms with Gasteiger partial charge >= 0.3 is 0 Å². The number of hydrogen-bond acceptors (Lipinski definition) is 3.